The topological polar surface area (TPSA) is 64.9 Å². The average Bonchev–Trinajstić information content (AvgIpc) is 3.16. The van der Waals surface area contributed by atoms with Crippen molar-refractivity contribution in [1.29, 1.82) is 0 Å². The molecule has 1 fully saturated rings. The smallest absolute Gasteiger partial charge is 0.151 e. The molecule has 0 unspecified atom stereocenters. The molecule has 1 aliphatic heterocycles. The Balaban J connectivity index is 1.23. The lowest BCUT2D eigenvalue weighted by Crippen LogP contribution is -2.17. The van der Waals surface area contributed by atoms with Gasteiger partial charge in [0.2, 0.25) is 0 Å². The Labute approximate surface area is 161 Å². The summed E-state index contributed by atoms with van der Waals surface area (Å²) in [5, 5.41) is 15.8. The van der Waals surface area contributed by atoms with Crippen LogP contribution < -0.4 is 10.1 Å². The molecule has 1 N–H and O–H groups in total. The van der Waals surface area contributed by atoms with E-state index in [1.807, 2.05) is 0 Å². The van der Waals surface area contributed by atoms with Crippen molar-refractivity contribution in [1.82, 2.24) is 20.2 Å². The minimum atomic E-state index is 0.498. The van der Waals surface area contributed by atoms with Gasteiger partial charge in [0.05, 0.1) is 12.6 Å². The number of hydrogen-bond acceptors (Lipinski definition) is 5. The molecule has 6 nitrogen and oxygen atoms in total. The lowest BCUT2D eigenvalue weighted by Gasteiger charge is -2.22. The van der Waals surface area contributed by atoms with E-state index in [1.165, 1.54) is 37.7 Å². The molecule has 144 valence electrons. The molecule has 2 aliphatic rings. The van der Waals surface area contributed by atoms with Crippen molar-refractivity contribution in [3.63, 3.8) is 0 Å². The number of benzene rings is 1. The van der Waals surface area contributed by atoms with Gasteiger partial charge in [-0.15, -0.1) is 5.10 Å². The summed E-state index contributed by atoms with van der Waals surface area (Å²) >= 11 is 0. The summed E-state index contributed by atoms with van der Waals surface area (Å²) in [5.74, 6) is 1.95. The molecule has 1 aromatic carbocycles. The molecular weight excluding hydrogens is 338 g/mol. The highest BCUT2D eigenvalue weighted by Crippen LogP contribution is 2.30. The molecule has 0 spiro atoms. The monoisotopic (exact) mass is 367 g/mol. The lowest BCUT2D eigenvalue weighted by atomic mass is 9.95. The van der Waals surface area contributed by atoms with Crippen LogP contribution in [0, 0.1) is 0 Å². The van der Waals surface area contributed by atoms with E-state index in [0.29, 0.717) is 12.6 Å². The maximum absolute atomic E-state index is 5.95. The normalized spacial score (nSPS) is 17.4. The predicted molar refractivity (Wildman–Crippen MR) is 106 cm³/mol. The first-order chi connectivity index (χ1) is 13.3. The number of nitrogens with zero attached hydrogens (tertiary/aromatic N) is 4. The van der Waals surface area contributed by atoms with E-state index in [1.54, 1.807) is 0 Å². The third kappa shape index (κ3) is 4.49. The zero-order chi connectivity index (χ0) is 18.5. The number of anilines is 1. The van der Waals surface area contributed by atoms with Gasteiger partial charge in [-0.2, -0.15) is 0 Å². The number of aryl methyl sites for hydroxylation is 2. The van der Waals surface area contributed by atoms with Gasteiger partial charge in [-0.05, 0) is 60.6 Å². The number of nitrogens with one attached hydrogen (secondary N) is 1. The van der Waals surface area contributed by atoms with Gasteiger partial charge in [-0.1, -0.05) is 31.9 Å². The zero-order valence-electron chi connectivity index (χ0n) is 16.0. The van der Waals surface area contributed by atoms with E-state index in [0.717, 1.165) is 55.1 Å². The van der Waals surface area contributed by atoms with Gasteiger partial charge in [0.15, 0.2) is 5.82 Å². The van der Waals surface area contributed by atoms with E-state index in [4.69, 9.17) is 4.74 Å². The summed E-state index contributed by atoms with van der Waals surface area (Å²) < 4.78 is 8.02. The Kier molecular flexibility index (Phi) is 5.70. The number of unbranched alkanes of at least 4 members (excludes halogenated alkanes) is 1. The highest BCUT2D eigenvalue weighted by atomic mass is 16.5. The Morgan fingerprint density at radius 1 is 1.15 bits per heavy atom. The van der Waals surface area contributed by atoms with Crippen LogP contribution in [0.2, 0.25) is 0 Å². The second kappa shape index (κ2) is 8.55. The molecule has 4 rings (SSSR count). The summed E-state index contributed by atoms with van der Waals surface area (Å²) in [6.07, 6.45) is 11.4. The average molecular weight is 367 g/mol. The third-order valence-corrected chi connectivity index (χ3v) is 5.63. The number of allylic oxidation sites excluding steroid dienone is 1. The van der Waals surface area contributed by atoms with Gasteiger partial charge in [0.1, 0.15) is 5.75 Å². The second-order valence-corrected chi connectivity index (χ2v) is 7.68. The summed E-state index contributed by atoms with van der Waals surface area (Å²) in [7, 11) is 0. The van der Waals surface area contributed by atoms with E-state index >= 15 is 0 Å². The first-order valence-electron chi connectivity index (χ1n) is 10.3. The highest BCUT2D eigenvalue weighted by molar-refractivity contribution is 5.60. The Hall–Kier alpha value is -2.37. The molecule has 2 heterocycles. The van der Waals surface area contributed by atoms with Crippen LogP contribution >= 0.6 is 0 Å². The molecule has 1 aliphatic carbocycles. The number of fused-ring (bicyclic) bond motifs is 1. The number of hydrogen-bond donors (Lipinski definition) is 1. The van der Waals surface area contributed by atoms with Crippen molar-refractivity contribution in [2.24, 2.45) is 0 Å². The fraction of sp³-hybridized carbons (Fsp3) is 0.571. The van der Waals surface area contributed by atoms with Crippen LogP contribution in [-0.4, -0.2) is 26.8 Å². The summed E-state index contributed by atoms with van der Waals surface area (Å²) in [5.41, 5.74) is 3.55. The number of tetrazole rings is 1. The number of rotatable bonds is 7. The zero-order valence-corrected chi connectivity index (χ0v) is 16.0. The summed E-state index contributed by atoms with van der Waals surface area (Å²) in [6.45, 7) is 4.74. The van der Waals surface area contributed by atoms with Gasteiger partial charge in [0, 0.05) is 23.9 Å². The van der Waals surface area contributed by atoms with E-state index < -0.39 is 0 Å². The van der Waals surface area contributed by atoms with Crippen LogP contribution in [0.5, 0.6) is 5.75 Å². The molecule has 6 heteroatoms. The Bertz CT molecular complexity index is 779. The first kappa shape index (κ1) is 18.0. The first-order valence-corrected chi connectivity index (χ1v) is 10.3. The molecule has 27 heavy (non-hydrogen) atoms. The predicted octanol–water partition coefficient (Wildman–Crippen LogP) is 4.45. The van der Waals surface area contributed by atoms with Crippen molar-refractivity contribution in [2.45, 2.75) is 70.3 Å². The van der Waals surface area contributed by atoms with Crippen LogP contribution in [0.25, 0.3) is 0 Å². The SMILES string of the molecule is C=C1CCc2ccc(OCCCCc3nnnn3C3CCCCC3)cc2N1. The van der Waals surface area contributed by atoms with Crippen LogP contribution in [0.1, 0.15) is 68.8 Å². The molecule has 1 aromatic heterocycles. The van der Waals surface area contributed by atoms with E-state index in [2.05, 4.69) is 50.3 Å². The molecule has 2 aromatic rings. The molecule has 0 amide bonds. The quantitative estimate of drug-likeness (QED) is 0.732. The minimum Gasteiger partial charge on any atom is -0.494 e. The van der Waals surface area contributed by atoms with Crippen molar-refractivity contribution >= 4 is 5.69 Å². The lowest BCUT2D eigenvalue weighted by molar-refractivity contribution is 0.300. The third-order valence-electron chi connectivity index (χ3n) is 5.63. The number of ether oxygens (including phenoxy) is 1. The van der Waals surface area contributed by atoms with Gasteiger partial charge < -0.3 is 10.1 Å². The van der Waals surface area contributed by atoms with Crippen molar-refractivity contribution in [3.05, 3.63) is 41.9 Å². The van der Waals surface area contributed by atoms with E-state index in [-0.39, 0.29) is 0 Å². The standard InChI is InChI=1S/C21H29N5O/c1-16-10-11-17-12-13-19(15-20(17)22-16)27-14-6-5-9-21-23-24-25-26(21)18-7-3-2-4-8-18/h12-13,15,18,22H,1-11,14H2. The van der Waals surface area contributed by atoms with Crippen LogP contribution in [0.4, 0.5) is 5.69 Å². The second-order valence-electron chi connectivity index (χ2n) is 7.68. The van der Waals surface area contributed by atoms with Crippen molar-refractivity contribution in [2.75, 3.05) is 11.9 Å². The molecular formula is C21H29N5O. The fourth-order valence-corrected chi connectivity index (χ4v) is 4.08. The Morgan fingerprint density at radius 3 is 2.93 bits per heavy atom. The van der Waals surface area contributed by atoms with Gasteiger partial charge in [-0.3, -0.25) is 0 Å². The van der Waals surface area contributed by atoms with Gasteiger partial charge in [-0.25, -0.2) is 4.68 Å². The molecule has 0 bridgehead atoms. The maximum Gasteiger partial charge on any atom is 0.151 e. The number of aromatic nitrogens is 4. The summed E-state index contributed by atoms with van der Waals surface area (Å²) in [4.78, 5) is 0. The maximum atomic E-state index is 5.95. The molecule has 0 radical (unpaired) electrons. The fourth-order valence-electron chi connectivity index (χ4n) is 4.08. The molecule has 0 atom stereocenters. The highest BCUT2D eigenvalue weighted by Gasteiger charge is 2.19. The summed E-state index contributed by atoms with van der Waals surface area (Å²) in [6, 6.07) is 6.81. The van der Waals surface area contributed by atoms with E-state index in [9.17, 15) is 0 Å². The Morgan fingerprint density at radius 2 is 2.04 bits per heavy atom. The molecule has 1 saturated carbocycles. The van der Waals surface area contributed by atoms with Crippen LogP contribution in [-0.2, 0) is 12.8 Å². The van der Waals surface area contributed by atoms with Crippen LogP contribution in [0.3, 0.4) is 0 Å². The van der Waals surface area contributed by atoms with Gasteiger partial charge >= 0.3 is 0 Å². The minimum absolute atomic E-state index is 0.498. The van der Waals surface area contributed by atoms with Crippen LogP contribution in [0.15, 0.2) is 30.5 Å². The largest absolute Gasteiger partial charge is 0.494 e. The van der Waals surface area contributed by atoms with Crippen molar-refractivity contribution < 1.29 is 4.74 Å². The van der Waals surface area contributed by atoms with Gasteiger partial charge in [0.25, 0.3) is 0 Å². The molecule has 0 saturated heterocycles. The van der Waals surface area contributed by atoms with Crippen molar-refractivity contribution in [3.8, 4) is 5.75 Å².